The average molecular weight is 299 g/mol. The lowest BCUT2D eigenvalue weighted by molar-refractivity contribution is 0.0948. The molecule has 0 spiro atoms. The number of hydrogen-bond acceptors (Lipinski definition) is 4. The van der Waals surface area contributed by atoms with Gasteiger partial charge in [-0.3, -0.25) is 4.79 Å². The average Bonchev–Trinajstić information content (AvgIpc) is 2.24. The summed E-state index contributed by atoms with van der Waals surface area (Å²) in [4.78, 5) is 15.5. The number of anilines is 1. The van der Waals surface area contributed by atoms with Gasteiger partial charge in [-0.15, -0.1) is 11.8 Å². The maximum Gasteiger partial charge on any atom is 0.258 e. The van der Waals surface area contributed by atoms with E-state index in [0.29, 0.717) is 5.69 Å². The van der Waals surface area contributed by atoms with Crippen molar-refractivity contribution in [2.75, 3.05) is 11.6 Å². The highest BCUT2D eigenvalue weighted by Gasteiger charge is 2.29. The van der Waals surface area contributed by atoms with Crippen LogP contribution in [0.15, 0.2) is 0 Å². The van der Waals surface area contributed by atoms with Crippen LogP contribution in [-0.4, -0.2) is 22.6 Å². The van der Waals surface area contributed by atoms with E-state index in [9.17, 15) is 4.79 Å². The fourth-order valence-electron chi connectivity index (χ4n) is 1.33. The molecule has 16 heavy (non-hydrogen) atoms. The van der Waals surface area contributed by atoms with Gasteiger partial charge in [0, 0.05) is 0 Å². The topological polar surface area (TPSA) is 54.0 Å². The SMILES string of the molecule is CSC1NC(=O)c2c(Cl)nc(Cl)c(Cl)c2N1. The van der Waals surface area contributed by atoms with Crippen LogP contribution in [0.4, 0.5) is 5.69 Å². The van der Waals surface area contributed by atoms with E-state index in [1.807, 2.05) is 6.26 Å². The van der Waals surface area contributed by atoms with Gasteiger partial charge in [0.2, 0.25) is 0 Å². The fraction of sp³-hybridized carbons (Fsp3) is 0.250. The highest BCUT2D eigenvalue weighted by atomic mass is 35.5. The standard InChI is InChI=1S/C8H6Cl3N3OS/c1-16-8-12-4-2(7(15)14-8)5(10)13-6(11)3(4)9/h8,12H,1H3,(H,14,15). The van der Waals surface area contributed by atoms with Crippen LogP contribution in [0.3, 0.4) is 0 Å². The zero-order chi connectivity index (χ0) is 11.9. The summed E-state index contributed by atoms with van der Waals surface area (Å²) in [7, 11) is 0. The maximum absolute atomic E-state index is 11.7. The summed E-state index contributed by atoms with van der Waals surface area (Å²) in [6.45, 7) is 0. The number of carbonyl (C=O) groups is 1. The molecule has 1 aliphatic rings. The highest BCUT2D eigenvalue weighted by molar-refractivity contribution is 7.99. The Bertz CT molecular complexity index is 468. The van der Waals surface area contributed by atoms with Crippen LogP contribution in [0.25, 0.3) is 0 Å². The van der Waals surface area contributed by atoms with Gasteiger partial charge in [-0.05, 0) is 6.26 Å². The second-order valence-electron chi connectivity index (χ2n) is 2.99. The molecule has 1 aromatic rings. The summed E-state index contributed by atoms with van der Waals surface area (Å²) in [6.07, 6.45) is 1.85. The van der Waals surface area contributed by atoms with E-state index in [2.05, 4.69) is 15.6 Å². The number of halogens is 3. The molecule has 2 rings (SSSR count). The predicted octanol–water partition coefficient (Wildman–Crippen LogP) is 2.84. The molecule has 0 saturated heterocycles. The monoisotopic (exact) mass is 297 g/mol. The summed E-state index contributed by atoms with van der Waals surface area (Å²) in [5.74, 6) is -0.316. The van der Waals surface area contributed by atoms with Crippen molar-refractivity contribution >= 4 is 58.2 Å². The number of hydrogen-bond donors (Lipinski definition) is 2. The van der Waals surface area contributed by atoms with E-state index >= 15 is 0 Å². The van der Waals surface area contributed by atoms with E-state index in [1.165, 1.54) is 11.8 Å². The Morgan fingerprint density at radius 2 is 1.94 bits per heavy atom. The molecule has 0 fully saturated rings. The van der Waals surface area contributed by atoms with Gasteiger partial charge in [-0.1, -0.05) is 34.8 Å². The summed E-state index contributed by atoms with van der Waals surface area (Å²) in [5, 5.41) is 6.03. The second-order valence-corrected chi connectivity index (χ2v) is 5.03. The predicted molar refractivity (Wildman–Crippen MR) is 67.7 cm³/mol. The molecule has 1 atom stereocenters. The molecule has 1 aromatic heterocycles. The van der Waals surface area contributed by atoms with E-state index in [1.54, 1.807) is 0 Å². The summed E-state index contributed by atoms with van der Waals surface area (Å²) in [6, 6.07) is 0. The second kappa shape index (κ2) is 4.49. The molecule has 0 bridgehead atoms. The third-order valence-corrected chi connectivity index (χ3v) is 3.77. The van der Waals surface area contributed by atoms with Crippen molar-refractivity contribution in [3.8, 4) is 0 Å². The number of rotatable bonds is 1. The van der Waals surface area contributed by atoms with Gasteiger partial charge in [-0.25, -0.2) is 4.98 Å². The molecule has 86 valence electrons. The Morgan fingerprint density at radius 1 is 1.25 bits per heavy atom. The van der Waals surface area contributed by atoms with E-state index < -0.39 is 0 Å². The normalized spacial score (nSPS) is 18.8. The largest absolute Gasteiger partial charge is 0.355 e. The number of nitrogens with zero attached hydrogens (tertiary/aromatic N) is 1. The zero-order valence-corrected chi connectivity index (χ0v) is 11.1. The number of amides is 1. The van der Waals surface area contributed by atoms with Gasteiger partial charge in [0.1, 0.15) is 21.2 Å². The number of carbonyl (C=O) groups excluding carboxylic acids is 1. The number of nitrogens with one attached hydrogen (secondary N) is 2. The first-order valence-corrected chi connectivity index (χ1v) is 6.61. The van der Waals surface area contributed by atoms with Crippen molar-refractivity contribution < 1.29 is 4.79 Å². The Labute approximate surface area is 111 Å². The Kier molecular flexibility index (Phi) is 3.39. The summed E-state index contributed by atoms with van der Waals surface area (Å²) in [5.41, 5.74) is 0.392. The van der Waals surface area contributed by atoms with E-state index in [-0.39, 0.29) is 32.3 Å². The molecule has 2 N–H and O–H groups in total. The van der Waals surface area contributed by atoms with E-state index in [4.69, 9.17) is 34.8 Å². The van der Waals surface area contributed by atoms with Gasteiger partial charge in [0.15, 0.2) is 5.15 Å². The molecule has 1 aliphatic heterocycles. The molecule has 1 unspecified atom stereocenters. The van der Waals surface area contributed by atoms with Gasteiger partial charge >= 0.3 is 0 Å². The molecule has 2 heterocycles. The number of thioether (sulfide) groups is 1. The minimum atomic E-state index is -0.316. The third kappa shape index (κ3) is 1.93. The molecule has 0 aromatic carbocycles. The van der Waals surface area contributed by atoms with Crippen molar-refractivity contribution in [3.05, 3.63) is 20.9 Å². The number of pyridine rings is 1. The van der Waals surface area contributed by atoms with Crippen LogP contribution in [-0.2, 0) is 0 Å². The molecular weight excluding hydrogens is 293 g/mol. The maximum atomic E-state index is 11.7. The molecule has 4 nitrogen and oxygen atoms in total. The lowest BCUT2D eigenvalue weighted by atomic mass is 10.2. The van der Waals surface area contributed by atoms with Crippen molar-refractivity contribution in [3.63, 3.8) is 0 Å². The quantitative estimate of drug-likeness (QED) is 0.783. The van der Waals surface area contributed by atoms with Gasteiger partial charge in [0.25, 0.3) is 5.91 Å². The Balaban J connectivity index is 2.60. The minimum absolute atomic E-state index is 0.0361. The first-order valence-electron chi connectivity index (χ1n) is 4.19. The van der Waals surface area contributed by atoms with Crippen molar-refractivity contribution in [2.24, 2.45) is 0 Å². The van der Waals surface area contributed by atoms with Crippen molar-refractivity contribution in [1.82, 2.24) is 10.3 Å². The molecule has 1 amide bonds. The molecule has 0 aliphatic carbocycles. The zero-order valence-electron chi connectivity index (χ0n) is 7.97. The molecule has 0 radical (unpaired) electrons. The van der Waals surface area contributed by atoms with Crippen molar-refractivity contribution in [2.45, 2.75) is 5.50 Å². The Morgan fingerprint density at radius 3 is 2.56 bits per heavy atom. The molecular formula is C8H6Cl3N3OS. The Hall–Kier alpha value is -0.360. The van der Waals surface area contributed by atoms with Crippen LogP contribution in [0.2, 0.25) is 15.3 Å². The highest BCUT2D eigenvalue weighted by Crippen LogP contribution is 2.38. The number of fused-ring (bicyclic) bond motifs is 1. The van der Waals surface area contributed by atoms with E-state index in [0.717, 1.165) is 0 Å². The van der Waals surface area contributed by atoms with Crippen LogP contribution in [0.1, 0.15) is 10.4 Å². The van der Waals surface area contributed by atoms with Crippen LogP contribution < -0.4 is 10.6 Å². The fourth-order valence-corrected chi connectivity index (χ4v) is 2.47. The third-order valence-electron chi connectivity index (χ3n) is 2.05. The first kappa shape index (κ1) is 12.1. The van der Waals surface area contributed by atoms with Crippen LogP contribution in [0, 0.1) is 0 Å². The van der Waals surface area contributed by atoms with Gasteiger partial charge in [-0.2, -0.15) is 0 Å². The lowest BCUT2D eigenvalue weighted by Gasteiger charge is -2.27. The smallest absolute Gasteiger partial charge is 0.258 e. The summed E-state index contributed by atoms with van der Waals surface area (Å²) < 4.78 is 0. The van der Waals surface area contributed by atoms with Crippen molar-refractivity contribution in [1.29, 1.82) is 0 Å². The first-order chi connectivity index (χ1) is 7.54. The summed E-state index contributed by atoms with van der Waals surface area (Å²) >= 11 is 19.0. The minimum Gasteiger partial charge on any atom is -0.355 e. The van der Waals surface area contributed by atoms with Gasteiger partial charge in [0.05, 0.1) is 5.69 Å². The van der Waals surface area contributed by atoms with Crippen LogP contribution in [0.5, 0.6) is 0 Å². The number of aromatic nitrogens is 1. The molecule has 0 saturated carbocycles. The lowest BCUT2D eigenvalue weighted by Crippen LogP contribution is -2.43. The molecule has 8 heteroatoms. The van der Waals surface area contributed by atoms with Gasteiger partial charge < -0.3 is 10.6 Å². The van der Waals surface area contributed by atoms with Crippen LogP contribution >= 0.6 is 46.6 Å².